The Morgan fingerprint density at radius 2 is 2.00 bits per heavy atom. The zero-order chi connectivity index (χ0) is 10.9. The predicted molar refractivity (Wildman–Crippen MR) is 43.8 cm³/mol. The molecule has 1 heterocycles. The summed E-state index contributed by atoms with van der Waals surface area (Å²) in [6.45, 7) is 0.956. The molecule has 3 atom stereocenters. The summed E-state index contributed by atoms with van der Waals surface area (Å²) >= 11 is 0. The van der Waals surface area contributed by atoms with E-state index >= 15 is 0 Å². The van der Waals surface area contributed by atoms with Crippen LogP contribution in [0.5, 0.6) is 0 Å². The summed E-state index contributed by atoms with van der Waals surface area (Å²) in [6, 6.07) is 0. The maximum atomic E-state index is 12.4. The van der Waals surface area contributed by atoms with Gasteiger partial charge in [0.15, 0.2) is 0 Å². The highest BCUT2D eigenvalue weighted by molar-refractivity contribution is 5.73. The number of β-amino-alcohol motifs (C(OH)–C–C–N with tert-alkyl or cyclic N) is 1. The first-order valence-corrected chi connectivity index (χ1v) is 4.33. The number of rotatable bonds is 1. The molecule has 1 amide bonds. The van der Waals surface area contributed by atoms with E-state index < -0.39 is 24.6 Å². The van der Waals surface area contributed by atoms with E-state index in [2.05, 4.69) is 0 Å². The Morgan fingerprint density at radius 1 is 1.43 bits per heavy atom. The Bertz CT molecular complexity index is 225. The van der Waals surface area contributed by atoms with Crippen LogP contribution in [-0.2, 0) is 4.79 Å². The Hall–Kier alpha value is -0.750. The van der Waals surface area contributed by atoms with Crippen LogP contribution in [0.2, 0.25) is 0 Å². The van der Waals surface area contributed by atoms with Crippen molar-refractivity contribution in [1.29, 1.82) is 0 Å². The average Bonchev–Trinajstić information content (AvgIpc) is 2.08. The van der Waals surface area contributed by atoms with Gasteiger partial charge < -0.3 is 15.1 Å². The van der Waals surface area contributed by atoms with Crippen molar-refractivity contribution in [1.82, 2.24) is 4.90 Å². The van der Waals surface area contributed by atoms with Crippen LogP contribution in [0.1, 0.15) is 6.92 Å². The van der Waals surface area contributed by atoms with E-state index in [-0.39, 0.29) is 19.0 Å². The van der Waals surface area contributed by atoms with Crippen LogP contribution >= 0.6 is 0 Å². The summed E-state index contributed by atoms with van der Waals surface area (Å²) < 4.78 is 24.7. The summed E-state index contributed by atoms with van der Waals surface area (Å²) in [5, 5.41) is 18.5. The van der Waals surface area contributed by atoms with Gasteiger partial charge in [-0.25, -0.2) is 8.78 Å². The molecule has 0 bridgehead atoms. The highest BCUT2D eigenvalue weighted by atomic mass is 19.3. The van der Waals surface area contributed by atoms with Gasteiger partial charge in [-0.05, 0) is 0 Å². The molecule has 1 saturated heterocycles. The molecular formula is C8H13F2NO3. The number of alkyl halides is 2. The van der Waals surface area contributed by atoms with Crippen LogP contribution in [0.25, 0.3) is 0 Å². The second kappa shape index (κ2) is 4.18. The molecule has 0 aliphatic carbocycles. The fourth-order valence-electron chi connectivity index (χ4n) is 1.54. The number of carbonyl (C=O) groups excluding carboxylic acids is 1. The lowest BCUT2D eigenvalue weighted by atomic mass is 9.93. The number of carbonyl (C=O) groups is 1. The van der Waals surface area contributed by atoms with Gasteiger partial charge in [0.2, 0.25) is 12.3 Å². The van der Waals surface area contributed by atoms with Crippen molar-refractivity contribution in [3.63, 3.8) is 0 Å². The van der Waals surface area contributed by atoms with Crippen LogP contribution in [0.3, 0.4) is 0 Å². The molecular weight excluding hydrogens is 196 g/mol. The molecule has 6 heteroatoms. The molecule has 0 aromatic carbocycles. The summed E-state index contributed by atoms with van der Waals surface area (Å²) in [6.07, 6.45) is -5.47. The molecule has 0 aromatic heterocycles. The van der Waals surface area contributed by atoms with Crippen LogP contribution < -0.4 is 0 Å². The van der Waals surface area contributed by atoms with E-state index in [1.807, 2.05) is 0 Å². The van der Waals surface area contributed by atoms with Crippen molar-refractivity contribution < 1.29 is 23.8 Å². The van der Waals surface area contributed by atoms with Gasteiger partial charge in [-0.1, -0.05) is 0 Å². The van der Waals surface area contributed by atoms with Crippen molar-refractivity contribution in [2.75, 3.05) is 13.1 Å². The minimum Gasteiger partial charge on any atom is -0.390 e. The Labute approximate surface area is 80.1 Å². The number of aliphatic hydroxyl groups excluding tert-OH is 2. The number of amides is 1. The van der Waals surface area contributed by atoms with Gasteiger partial charge in [-0.2, -0.15) is 0 Å². The number of hydrogen-bond acceptors (Lipinski definition) is 3. The lowest BCUT2D eigenvalue weighted by molar-refractivity contribution is -0.148. The molecule has 82 valence electrons. The normalized spacial score (nSPS) is 33.6. The topological polar surface area (TPSA) is 60.8 Å². The molecule has 1 fully saturated rings. The molecule has 0 unspecified atom stereocenters. The zero-order valence-corrected chi connectivity index (χ0v) is 7.73. The predicted octanol–water partition coefficient (Wildman–Crippen LogP) is -0.548. The van der Waals surface area contributed by atoms with E-state index in [0.717, 1.165) is 4.90 Å². The average molecular weight is 209 g/mol. The molecule has 1 aliphatic rings. The molecule has 14 heavy (non-hydrogen) atoms. The van der Waals surface area contributed by atoms with Crippen molar-refractivity contribution in [2.24, 2.45) is 5.92 Å². The third-order valence-corrected chi connectivity index (χ3v) is 2.44. The number of halogens is 2. The first-order chi connectivity index (χ1) is 6.43. The molecule has 0 aromatic rings. The molecule has 2 N–H and O–H groups in total. The highest BCUT2D eigenvalue weighted by Gasteiger charge is 2.40. The van der Waals surface area contributed by atoms with Gasteiger partial charge in [0.05, 0.1) is 18.1 Å². The van der Waals surface area contributed by atoms with Crippen molar-refractivity contribution in [3.8, 4) is 0 Å². The van der Waals surface area contributed by atoms with Crippen LogP contribution in [0.4, 0.5) is 8.78 Å². The van der Waals surface area contributed by atoms with E-state index in [9.17, 15) is 23.8 Å². The van der Waals surface area contributed by atoms with Gasteiger partial charge >= 0.3 is 0 Å². The third-order valence-electron chi connectivity index (χ3n) is 2.44. The van der Waals surface area contributed by atoms with Crippen LogP contribution in [0.15, 0.2) is 0 Å². The van der Waals surface area contributed by atoms with Gasteiger partial charge in [0, 0.05) is 20.0 Å². The molecule has 0 radical (unpaired) electrons. The molecule has 4 nitrogen and oxygen atoms in total. The molecule has 1 aliphatic heterocycles. The van der Waals surface area contributed by atoms with Gasteiger partial charge in [-0.3, -0.25) is 4.79 Å². The van der Waals surface area contributed by atoms with Gasteiger partial charge in [0.1, 0.15) is 0 Å². The Kier molecular flexibility index (Phi) is 3.38. The summed E-state index contributed by atoms with van der Waals surface area (Å²) in [4.78, 5) is 12.0. The number of nitrogens with zero attached hydrogens (tertiary/aromatic N) is 1. The maximum Gasteiger partial charge on any atom is 0.245 e. The van der Waals surface area contributed by atoms with Crippen LogP contribution in [0, 0.1) is 5.92 Å². The highest BCUT2D eigenvalue weighted by Crippen LogP contribution is 2.23. The maximum absolute atomic E-state index is 12.4. The first-order valence-electron chi connectivity index (χ1n) is 4.33. The molecule has 0 saturated carbocycles. The summed E-state index contributed by atoms with van der Waals surface area (Å²) in [5.74, 6) is -1.73. The van der Waals surface area contributed by atoms with Gasteiger partial charge in [0.25, 0.3) is 0 Å². The Balaban J connectivity index is 2.71. The largest absolute Gasteiger partial charge is 0.390 e. The minimum absolute atomic E-state index is 0.0836. The van der Waals surface area contributed by atoms with Crippen molar-refractivity contribution in [3.05, 3.63) is 0 Å². The van der Waals surface area contributed by atoms with Crippen molar-refractivity contribution in [2.45, 2.75) is 25.6 Å². The summed E-state index contributed by atoms with van der Waals surface area (Å²) in [5.41, 5.74) is 0. The number of likely N-dealkylation sites (tertiary alicyclic amines) is 1. The standard InChI is InChI=1S/C8H13F2NO3/c1-4(12)11-2-5(8(9)10)7(14)6(13)3-11/h5-8,13-14H,2-3H2,1H3/t5-,6+,7+/m0/s1. The van der Waals surface area contributed by atoms with E-state index in [4.69, 9.17) is 0 Å². The Morgan fingerprint density at radius 3 is 2.43 bits per heavy atom. The van der Waals surface area contributed by atoms with E-state index in [0.29, 0.717) is 0 Å². The van der Waals surface area contributed by atoms with E-state index in [1.54, 1.807) is 0 Å². The second-order valence-electron chi connectivity index (χ2n) is 3.48. The fraction of sp³-hybridized carbons (Fsp3) is 0.875. The number of hydrogen-bond donors (Lipinski definition) is 2. The lowest BCUT2D eigenvalue weighted by Crippen LogP contribution is -2.55. The zero-order valence-electron chi connectivity index (χ0n) is 7.73. The number of aliphatic hydroxyl groups is 2. The third kappa shape index (κ3) is 2.19. The van der Waals surface area contributed by atoms with Crippen molar-refractivity contribution >= 4 is 5.91 Å². The SMILES string of the molecule is CC(=O)N1C[C@@H](O)[C@H](O)[C@@H](C(F)F)C1. The quantitative estimate of drug-likeness (QED) is 0.609. The summed E-state index contributed by atoms with van der Waals surface area (Å²) in [7, 11) is 0. The van der Waals surface area contributed by atoms with Crippen LogP contribution in [-0.4, -0.2) is 52.7 Å². The lowest BCUT2D eigenvalue weighted by Gasteiger charge is -2.38. The first kappa shape index (κ1) is 11.3. The fourth-order valence-corrected chi connectivity index (χ4v) is 1.54. The monoisotopic (exact) mass is 209 g/mol. The smallest absolute Gasteiger partial charge is 0.245 e. The number of piperidine rings is 1. The molecule has 1 rings (SSSR count). The molecule has 0 spiro atoms. The van der Waals surface area contributed by atoms with Gasteiger partial charge in [-0.15, -0.1) is 0 Å². The second-order valence-corrected chi connectivity index (χ2v) is 3.48. The van der Waals surface area contributed by atoms with E-state index in [1.165, 1.54) is 6.92 Å². The minimum atomic E-state index is -2.73.